The maximum Gasteiger partial charge on any atom is 0.172 e. The zero-order chi connectivity index (χ0) is 14.1. The molecule has 0 fully saturated rings. The predicted octanol–water partition coefficient (Wildman–Crippen LogP) is 3.27. The number of hydrogen-bond donors (Lipinski definition) is 1. The molecule has 2 heterocycles. The van der Waals surface area contributed by atoms with Gasteiger partial charge in [-0.25, -0.2) is 0 Å². The van der Waals surface area contributed by atoms with Crippen LogP contribution >= 0.6 is 11.3 Å². The lowest BCUT2D eigenvalue weighted by atomic mass is 10.1. The molecule has 2 aromatic rings. The first-order valence-corrected chi connectivity index (χ1v) is 7.66. The minimum atomic E-state index is 0.0721. The molecule has 1 aliphatic heterocycles. The molecular weight excluding hydrogens is 270 g/mol. The number of thiophene rings is 1. The Labute approximate surface area is 122 Å². The van der Waals surface area contributed by atoms with Crippen LogP contribution in [0.1, 0.15) is 28.6 Å². The molecule has 20 heavy (non-hydrogen) atoms. The maximum absolute atomic E-state index is 11.8. The standard InChI is InChI=1S/C16H17NO2S/c1-2-13(18)15-7-6-14(20-15)12-5-3-4-10-8-11(9-17)19-16(10)12/h3-7,11H,2,8-9,17H2,1H3/t11-/m0/s1. The third-order valence-electron chi connectivity index (χ3n) is 3.56. The number of benzene rings is 1. The zero-order valence-electron chi connectivity index (χ0n) is 11.4. The number of carbonyl (C=O) groups excluding carboxylic acids is 1. The van der Waals surface area contributed by atoms with Crippen LogP contribution in [0, 0.1) is 0 Å². The lowest BCUT2D eigenvalue weighted by Crippen LogP contribution is -2.24. The number of carbonyl (C=O) groups is 1. The summed E-state index contributed by atoms with van der Waals surface area (Å²) in [5.74, 6) is 1.12. The van der Waals surface area contributed by atoms with Crippen molar-refractivity contribution in [1.29, 1.82) is 0 Å². The van der Waals surface area contributed by atoms with Crippen molar-refractivity contribution >= 4 is 17.1 Å². The molecular formula is C16H17NO2S. The van der Waals surface area contributed by atoms with Gasteiger partial charge in [-0.2, -0.15) is 0 Å². The van der Waals surface area contributed by atoms with E-state index in [1.165, 1.54) is 16.9 Å². The van der Waals surface area contributed by atoms with Gasteiger partial charge in [0, 0.05) is 29.8 Å². The Bertz CT molecular complexity index is 648. The van der Waals surface area contributed by atoms with Gasteiger partial charge in [-0.1, -0.05) is 19.1 Å². The second-order valence-electron chi connectivity index (χ2n) is 4.91. The van der Waals surface area contributed by atoms with Crippen LogP contribution < -0.4 is 10.5 Å². The fourth-order valence-electron chi connectivity index (χ4n) is 2.47. The van der Waals surface area contributed by atoms with Gasteiger partial charge in [0.05, 0.1) is 4.88 Å². The molecule has 0 bridgehead atoms. The lowest BCUT2D eigenvalue weighted by molar-refractivity contribution is 0.0992. The number of hydrogen-bond acceptors (Lipinski definition) is 4. The van der Waals surface area contributed by atoms with Crippen LogP contribution in [-0.2, 0) is 6.42 Å². The number of para-hydroxylation sites is 1. The van der Waals surface area contributed by atoms with E-state index < -0.39 is 0 Å². The van der Waals surface area contributed by atoms with Crippen LogP contribution in [-0.4, -0.2) is 18.4 Å². The van der Waals surface area contributed by atoms with Crippen LogP contribution in [0.2, 0.25) is 0 Å². The SMILES string of the molecule is CCC(=O)c1ccc(-c2cccc3c2O[C@H](CN)C3)s1. The van der Waals surface area contributed by atoms with Gasteiger partial charge in [0.2, 0.25) is 0 Å². The number of nitrogens with two attached hydrogens (primary N) is 1. The molecule has 1 atom stereocenters. The number of ether oxygens (including phenoxy) is 1. The van der Waals surface area contributed by atoms with E-state index in [9.17, 15) is 4.79 Å². The molecule has 0 saturated carbocycles. The van der Waals surface area contributed by atoms with Gasteiger partial charge in [-0.15, -0.1) is 11.3 Å². The highest BCUT2D eigenvalue weighted by Gasteiger charge is 2.25. The summed E-state index contributed by atoms with van der Waals surface area (Å²) in [6, 6.07) is 10.1. The molecule has 0 radical (unpaired) electrons. The van der Waals surface area contributed by atoms with Gasteiger partial charge in [-0.3, -0.25) is 4.79 Å². The van der Waals surface area contributed by atoms with Crippen molar-refractivity contribution < 1.29 is 9.53 Å². The molecule has 3 nitrogen and oxygen atoms in total. The highest BCUT2D eigenvalue weighted by Crippen LogP contribution is 2.41. The number of ketones is 1. The topological polar surface area (TPSA) is 52.3 Å². The minimum Gasteiger partial charge on any atom is -0.488 e. The van der Waals surface area contributed by atoms with Crippen molar-refractivity contribution in [3.8, 4) is 16.2 Å². The average Bonchev–Trinajstić information content (AvgIpc) is 3.12. The second-order valence-corrected chi connectivity index (χ2v) is 6.00. The van der Waals surface area contributed by atoms with Crippen molar-refractivity contribution in [3.05, 3.63) is 40.8 Å². The van der Waals surface area contributed by atoms with Gasteiger partial charge >= 0.3 is 0 Å². The number of fused-ring (bicyclic) bond motifs is 1. The monoisotopic (exact) mass is 287 g/mol. The Morgan fingerprint density at radius 3 is 3.00 bits per heavy atom. The fourth-order valence-corrected chi connectivity index (χ4v) is 3.51. The first-order chi connectivity index (χ1) is 9.72. The zero-order valence-corrected chi connectivity index (χ0v) is 12.2. The Morgan fingerprint density at radius 2 is 2.25 bits per heavy atom. The number of rotatable bonds is 4. The van der Waals surface area contributed by atoms with Crippen LogP contribution in [0.5, 0.6) is 5.75 Å². The third kappa shape index (κ3) is 2.25. The molecule has 1 aromatic carbocycles. The molecule has 0 amide bonds. The summed E-state index contributed by atoms with van der Waals surface area (Å²) in [5, 5.41) is 0. The van der Waals surface area contributed by atoms with Gasteiger partial charge in [0.25, 0.3) is 0 Å². The van der Waals surface area contributed by atoms with E-state index in [1.807, 2.05) is 31.2 Å². The van der Waals surface area contributed by atoms with E-state index >= 15 is 0 Å². The van der Waals surface area contributed by atoms with Crippen LogP contribution in [0.15, 0.2) is 30.3 Å². The van der Waals surface area contributed by atoms with E-state index in [2.05, 4.69) is 6.07 Å². The molecule has 4 heteroatoms. The summed E-state index contributed by atoms with van der Waals surface area (Å²) in [7, 11) is 0. The molecule has 1 aliphatic rings. The van der Waals surface area contributed by atoms with Crippen LogP contribution in [0.25, 0.3) is 10.4 Å². The molecule has 0 aliphatic carbocycles. The summed E-state index contributed by atoms with van der Waals surface area (Å²) < 4.78 is 5.93. The Kier molecular flexibility index (Phi) is 3.59. The van der Waals surface area contributed by atoms with Crippen LogP contribution in [0.4, 0.5) is 0 Å². The quantitative estimate of drug-likeness (QED) is 0.878. The molecule has 0 unspecified atom stereocenters. The summed E-state index contributed by atoms with van der Waals surface area (Å²) in [5.41, 5.74) is 7.97. The maximum atomic E-state index is 11.8. The largest absolute Gasteiger partial charge is 0.488 e. The molecule has 0 spiro atoms. The highest BCUT2D eigenvalue weighted by atomic mass is 32.1. The highest BCUT2D eigenvalue weighted by molar-refractivity contribution is 7.17. The van der Waals surface area contributed by atoms with E-state index in [0.29, 0.717) is 13.0 Å². The summed E-state index contributed by atoms with van der Waals surface area (Å²) >= 11 is 1.53. The van der Waals surface area contributed by atoms with Gasteiger partial charge in [0.1, 0.15) is 11.9 Å². The minimum absolute atomic E-state index is 0.0721. The smallest absolute Gasteiger partial charge is 0.172 e. The Hall–Kier alpha value is -1.65. The van der Waals surface area contributed by atoms with E-state index in [-0.39, 0.29) is 11.9 Å². The molecule has 1 aromatic heterocycles. The van der Waals surface area contributed by atoms with Crippen molar-refractivity contribution in [2.24, 2.45) is 5.73 Å². The Balaban J connectivity index is 1.98. The van der Waals surface area contributed by atoms with Crippen molar-refractivity contribution in [2.75, 3.05) is 6.54 Å². The molecule has 2 N–H and O–H groups in total. The first kappa shape index (κ1) is 13.3. The Morgan fingerprint density at radius 1 is 1.40 bits per heavy atom. The summed E-state index contributed by atoms with van der Waals surface area (Å²) in [6.45, 7) is 2.41. The van der Waals surface area contributed by atoms with Crippen LogP contribution in [0.3, 0.4) is 0 Å². The van der Waals surface area contributed by atoms with Gasteiger partial charge in [0.15, 0.2) is 5.78 Å². The van der Waals surface area contributed by atoms with E-state index in [1.54, 1.807) is 0 Å². The van der Waals surface area contributed by atoms with E-state index in [0.717, 1.165) is 27.5 Å². The lowest BCUT2D eigenvalue weighted by Gasteiger charge is -2.09. The molecule has 104 valence electrons. The average molecular weight is 287 g/mol. The van der Waals surface area contributed by atoms with Gasteiger partial charge < -0.3 is 10.5 Å². The molecule has 3 rings (SSSR count). The fraction of sp³-hybridized carbons (Fsp3) is 0.312. The van der Waals surface area contributed by atoms with Gasteiger partial charge in [-0.05, 0) is 23.8 Å². The molecule has 0 saturated heterocycles. The predicted molar refractivity (Wildman–Crippen MR) is 81.6 cm³/mol. The normalized spacial score (nSPS) is 16.8. The third-order valence-corrected chi connectivity index (χ3v) is 4.72. The van der Waals surface area contributed by atoms with Crippen molar-refractivity contribution in [3.63, 3.8) is 0 Å². The summed E-state index contributed by atoms with van der Waals surface area (Å²) in [6.07, 6.45) is 1.48. The van der Waals surface area contributed by atoms with Crippen molar-refractivity contribution in [2.45, 2.75) is 25.9 Å². The second kappa shape index (κ2) is 5.38. The first-order valence-electron chi connectivity index (χ1n) is 6.85. The van der Waals surface area contributed by atoms with E-state index in [4.69, 9.17) is 10.5 Å². The number of Topliss-reactive ketones (excluding diaryl/α,β-unsaturated/α-hetero) is 1. The van der Waals surface area contributed by atoms with Crippen molar-refractivity contribution in [1.82, 2.24) is 0 Å². The summed E-state index contributed by atoms with van der Waals surface area (Å²) in [4.78, 5) is 13.6.